The predicted molar refractivity (Wildman–Crippen MR) is 136 cm³/mol. The third-order valence-electron chi connectivity index (χ3n) is 8.15. The maximum atomic E-state index is 14.7. The van der Waals surface area contributed by atoms with Crippen LogP contribution in [0.25, 0.3) is 16.7 Å². The molecular formula is C30H34ClFO. The average Bonchev–Trinajstić information content (AvgIpc) is 3.70. The molecule has 1 nitrogen and oxygen atoms in total. The molecule has 0 aromatic heterocycles. The summed E-state index contributed by atoms with van der Waals surface area (Å²) in [6.45, 7) is 4.45. The molecule has 3 aliphatic rings. The Bertz CT molecular complexity index is 1010. The van der Waals surface area contributed by atoms with Gasteiger partial charge in [0, 0.05) is 11.1 Å². The quantitative estimate of drug-likeness (QED) is 0.294. The van der Waals surface area contributed by atoms with E-state index in [2.05, 4.69) is 43.0 Å². The van der Waals surface area contributed by atoms with Gasteiger partial charge in [-0.3, -0.25) is 0 Å². The van der Waals surface area contributed by atoms with Crippen molar-refractivity contribution < 1.29 is 9.13 Å². The fraction of sp³-hybridized carbons (Fsp3) is 0.467. The Balaban J connectivity index is 1.21. The van der Waals surface area contributed by atoms with E-state index in [4.69, 9.17) is 16.3 Å². The highest BCUT2D eigenvalue weighted by molar-refractivity contribution is 6.33. The average molecular weight is 465 g/mol. The minimum atomic E-state index is -0.350. The highest BCUT2D eigenvalue weighted by Gasteiger charge is 2.30. The summed E-state index contributed by atoms with van der Waals surface area (Å²) >= 11 is 6.37. The van der Waals surface area contributed by atoms with E-state index in [1.54, 1.807) is 6.07 Å². The monoisotopic (exact) mass is 464 g/mol. The largest absolute Gasteiger partial charge is 0.368 e. The zero-order valence-corrected chi connectivity index (χ0v) is 20.1. The fourth-order valence-electron chi connectivity index (χ4n) is 5.97. The molecule has 2 aliphatic carbocycles. The van der Waals surface area contributed by atoms with E-state index in [1.807, 2.05) is 6.07 Å². The molecule has 1 saturated carbocycles. The third-order valence-corrected chi connectivity index (χ3v) is 8.52. The van der Waals surface area contributed by atoms with Crippen molar-refractivity contribution in [2.75, 3.05) is 6.61 Å². The number of ether oxygens (including phenoxy) is 1. The van der Waals surface area contributed by atoms with E-state index in [1.165, 1.54) is 62.5 Å². The van der Waals surface area contributed by atoms with Crippen LogP contribution in [0.1, 0.15) is 75.0 Å². The minimum absolute atomic E-state index is 0.131. The molecule has 5 rings (SSSR count). The van der Waals surface area contributed by atoms with Gasteiger partial charge in [0.25, 0.3) is 0 Å². The van der Waals surface area contributed by atoms with Gasteiger partial charge in [0.2, 0.25) is 0 Å². The second-order valence-corrected chi connectivity index (χ2v) is 10.5. The smallest absolute Gasteiger partial charge is 0.148 e. The molecule has 1 heterocycles. The lowest BCUT2D eigenvalue weighted by atomic mass is 9.70. The van der Waals surface area contributed by atoms with E-state index >= 15 is 0 Å². The number of benzene rings is 2. The SMILES string of the molecule is C=CCCC1CCC(C2CC=C(c3ccc(-c4ccc(C5CO5)c(F)c4Cl)cc3)CC2)CC1. The Hall–Kier alpha value is -1.90. The molecule has 0 spiro atoms. The lowest BCUT2D eigenvalue weighted by molar-refractivity contribution is 0.190. The Morgan fingerprint density at radius 1 is 0.970 bits per heavy atom. The normalized spacial score (nSPS) is 27.2. The summed E-state index contributed by atoms with van der Waals surface area (Å²) in [4.78, 5) is 0. The number of hydrogen-bond donors (Lipinski definition) is 0. The van der Waals surface area contributed by atoms with Gasteiger partial charge in [-0.1, -0.05) is 73.0 Å². The minimum Gasteiger partial charge on any atom is -0.368 e. The van der Waals surface area contributed by atoms with Gasteiger partial charge in [-0.15, -0.1) is 6.58 Å². The Kier molecular flexibility index (Phi) is 7.04. The second kappa shape index (κ2) is 10.2. The zero-order valence-electron chi connectivity index (χ0n) is 19.4. The zero-order chi connectivity index (χ0) is 22.8. The van der Waals surface area contributed by atoms with E-state index < -0.39 is 0 Å². The van der Waals surface area contributed by atoms with Crippen LogP contribution in [-0.2, 0) is 4.74 Å². The maximum Gasteiger partial charge on any atom is 0.148 e. The van der Waals surface area contributed by atoms with Gasteiger partial charge in [-0.25, -0.2) is 4.39 Å². The van der Waals surface area contributed by atoms with Gasteiger partial charge >= 0.3 is 0 Å². The van der Waals surface area contributed by atoms with Gasteiger partial charge in [0.05, 0.1) is 11.6 Å². The summed E-state index contributed by atoms with van der Waals surface area (Å²) in [7, 11) is 0. The summed E-state index contributed by atoms with van der Waals surface area (Å²) < 4.78 is 19.9. The van der Waals surface area contributed by atoms with Gasteiger partial charge in [0.15, 0.2) is 0 Å². The maximum absolute atomic E-state index is 14.7. The predicted octanol–water partition coefficient (Wildman–Crippen LogP) is 9.17. The molecule has 1 aliphatic heterocycles. The molecule has 1 saturated heterocycles. The Labute approximate surface area is 202 Å². The summed E-state index contributed by atoms with van der Waals surface area (Å²) in [5, 5.41) is 0.190. The van der Waals surface area contributed by atoms with E-state index in [0.717, 1.165) is 35.3 Å². The first-order valence-electron chi connectivity index (χ1n) is 12.6. The van der Waals surface area contributed by atoms with E-state index in [-0.39, 0.29) is 16.9 Å². The van der Waals surface area contributed by atoms with Crippen LogP contribution in [0, 0.1) is 23.6 Å². The molecular weight excluding hydrogens is 431 g/mol. The number of halogens is 2. The molecule has 0 amide bonds. The Morgan fingerprint density at radius 2 is 1.70 bits per heavy atom. The topological polar surface area (TPSA) is 12.5 Å². The molecule has 0 radical (unpaired) electrons. The molecule has 174 valence electrons. The van der Waals surface area contributed by atoms with Gasteiger partial charge in [-0.2, -0.15) is 0 Å². The summed E-state index contributed by atoms with van der Waals surface area (Å²) in [6.07, 6.45) is 16.2. The van der Waals surface area contributed by atoms with E-state index in [0.29, 0.717) is 12.2 Å². The third kappa shape index (κ3) is 5.12. The molecule has 2 fully saturated rings. The summed E-state index contributed by atoms with van der Waals surface area (Å²) in [6, 6.07) is 12.2. The van der Waals surface area contributed by atoms with Gasteiger partial charge < -0.3 is 4.74 Å². The molecule has 2 atom stereocenters. The molecule has 2 unspecified atom stereocenters. The fourth-order valence-corrected chi connectivity index (χ4v) is 6.26. The molecule has 3 heteroatoms. The van der Waals surface area contributed by atoms with Crippen LogP contribution in [0.15, 0.2) is 55.1 Å². The van der Waals surface area contributed by atoms with Crippen molar-refractivity contribution in [1.82, 2.24) is 0 Å². The second-order valence-electron chi connectivity index (χ2n) is 10.1. The number of hydrogen-bond acceptors (Lipinski definition) is 1. The van der Waals surface area contributed by atoms with E-state index in [9.17, 15) is 4.39 Å². The van der Waals surface area contributed by atoms with Gasteiger partial charge in [-0.05, 0) is 79.4 Å². The molecule has 2 aromatic rings. The molecule has 2 aromatic carbocycles. The number of rotatable bonds is 7. The summed E-state index contributed by atoms with van der Waals surface area (Å²) in [5.41, 5.74) is 4.99. The van der Waals surface area contributed by atoms with Crippen LogP contribution < -0.4 is 0 Å². The highest BCUT2D eigenvalue weighted by atomic mass is 35.5. The number of allylic oxidation sites excluding steroid dienone is 3. The number of epoxide rings is 1. The standard InChI is InChI=1S/C30H34ClFO/c1-2-3-4-20-5-7-21(8-6-20)22-9-11-23(12-10-22)24-13-15-25(16-14-24)26-17-18-27(28-19-33-28)30(32)29(26)31/h2,11,13-18,20-22,28H,1,3-10,12,19H2. The van der Waals surface area contributed by atoms with Crippen molar-refractivity contribution >= 4 is 17.2 Å². The lowest BCUT2D eigenvalue weighted by Gasteiger charge is -2.35. The first kappa shape index (κ1) is 22.9. The van der Waals surface area contributed by atoms with Crippen LogP contribution in [-0.4, -0.2) is 6.61 Å². The van der Waals surface area contributed by atoms with Crippen molar-refractivity contribution in [3.8, 4) is 11.1 Å². The molecule has 0 bridgehead atoms. The van der Waals surface area contributed by atoms with Crippen LogP contribution in [0.5, 0.6) is 0 Å². The van der Waals surface area contributed by atoms with Gasteiger partial charge in [0.1, 0.15) is 11.9 Å². The van der Waals surface area contributed by atoms with Crippen LogP contribution in [0.4, 0.5) is 4.39 Å². The van der Waals surface area contributed by atoms with Crippen LogP contribution >= 0.6 is 11.6 Å². The molecule has 0 N–H and O–H groups in total. The first-order chi connectivity index (χ1) is 16.1. The molecule has 33 heavy (non-hydrogen) atoms. The van der Waals surface area contributed by atoms with Crippen LogP contribution in [0.2, 0.25) is 5.02 Å². The lowest BCUT2D eigenvalue weighted by Crippen LogP contribution is -2.23. The Morgan fingerprint density at radius 3 is 2.33 bits per heavy atom. The van der Waals surface area contributed by atoms with Crippen LogP contribution in [0.3, 0.4) is 0 Å². The van der Waals surface area contributed by atoms with Crippen molar-refractivity contribution in [2.24, 2.45) is 17.8 Å². The van der Waals surface area contributed by atoms with Crippen molar-refractivity contribution in [2.45, 2.75) is 63.9 Å². The summed E-state index contributed by atoms with van der Waals surface area (Å²) in [5.74, 6) is 2.33. The first-order valence-corrected chi connectivity index (χ1v) is 13.0. The highest BCUT2D eigenvalue weighted by Crippen LogP contribution is 2.43. The van der Waals surface area contributed by atoms with Crippen molar-refractivity contribution in [3.63, 3.8) is 0 Å². The van der Waals surface area contributed by atoms with Crippen molar-refractivity contribution in [1.29, 1.82) is 0 Å². The van der Waals surface area contributed by atoms with Crippen molar-refractivity contribution in [3.05, 3.63) is 77.1 Å².